The molecule has 0 heterocycles. The second-order valence-corrected chi connectivity index (χ2v) is 4.54. The van der Waals surface area contributed by atoms with Crippen LogP contribution in [0.5, 0.6) is 11.5 Å². The summed E-state index contributed by atoms with van der Waals surface area (Å²) in [5.74, 6) is -2.50. The minimum atomic E-state index is -1.04. The third kappa shape index (κ3) is 3.39. The van der Waals surface area contributed by atoms with Gasteiger partial charge in [0, 0.05) is 11.6 Å². The number of carboxylic acid groups (broad SMARTS) is 1. The quantitative estimate of drug-likeness (QED) is 0.667. The fraction of sp³-hybridized carbons (Fsp3) is 0.125. The average molecular weight is 286 g/mol. The van der Waals surface area contributed by atoms with Crippen molar-refractivity contribution in [3.05, 3.63) is 59.7 Å². The van der Waals surface area contributed by atoms with Crippen LogP contribution in [-0.2, 0) is 4.79 Å². The van der Waals surface area contributed by atoms with Crippen LogP contribution in [0.25, 0.3) is 0 Å². The zero-order chi connectivity index (χ0) is 15.4. The van der Waals surface area contributed by atoms with Crippen LogP contribution in [0.4, 0.5) is 0 Å². The maximum atomic E-state index is 11.9. The van der Waals surface area contributed by atoms with E-state index in [1.807, 2.05) is 0 Å². The highest BCUT2D eigenvalue weighted by atomic mass is 16.5. The van der Waals surface area contributed by atoms with Gasteiger partial charge in [0.25, 0.3) is 0 Å². The number of phenols is 1. The molecule has 2 aromatic carbocycles. The number of hydrogen-bond donors (Lipinski definition) is 2. The molecule has 0 saturated carbocycles. The van der Waals surface area contributed by atoms with Gasteiger partial charge in [-0.3, -0.25) is 4.79 Å². The minimum absolute atomic E-state index is 0.155. The molecule has 2 rings (SSSR count). The van der Waals surface area contributed by atoms with Crippen LogP contribution in [0.3, 0.4) is 0 Å². The van der Waals surface area contributed by atoms with Crippen LogP contribution in [-0.4, -0.2) is 22.2 Å². The summed E-state index contributed by atoms with van der Waals surface area (Å²) < 4.78 is 5.13. The van der Waals surface area contributed by atoms with Gasteiger partial charge in [-0.25, -0.2) is 4.79 Å². The van der Waals surface area contributed by atoms with E-state index in [2.05, 4.69) is 0 Å². The number of benzene rings is 2. The van der Waals surface area contributed by atoms with E-state index in [1.165, 1.54) is 25.1 Å². The van der Waals surface area contributed by atoms with Crippen LogP contribution in [0.2, 0.25) is 0 Å². The van der Waals surface area contributed by atoms with Crippen molar-refractivity contribution in [3.8, 4) is 11.5 Å². The van der Waals surface area contributed by atoms with E-state index in [1.54, 1.807) is 30.3 Å². The minimum Gasteiger partial charge on any atom is -0.508 e. The molecule has 0 amide bonds. The molecule has 5 nitrogen and oxygen atoms in total. The molecule has 0 fully saturated rings. The molecule has 0 saturated heterocycles. The van der Waals surface area contributed by atoms with Crippen LogP contribution in [0, 0.1) is 0 Å². The largest absolute Gasteiger partial charge is 0.508 e. The monoisotopic (exact) mass is 286 g/mol. The van der Waals surface area contributed by atoms with E-state index >= 15 is 0 Å². The highest BCUT2D eigenvalue weighted by Crippen LogP contribution is 2.30. The molecular weight excluding hydrogens is 272 g/mol. The Morgan fingerprint density at radius 2 is 1.76 bits per heavy atom. The normalized spacial score (nSPS) is 11.7. The molecule has 0 aromatic heterocycles. The summed E-state index contributed by atoms with van der Waals surface area (Å²) in [5, 5.41) is 18.8. The Morgan fingerprint density at radius 3 is 2.33 bits per heavy atom. The predicted octanol–water partition coefficient (Wildman–Crippen LogP) is 2.80. The van der Waals surface area contributed by atoms with Gasteiger partial charge in [-0.05, 0) is 25.1 Å². The fourth-order valence-corrected chi connectivity index (χ4v) is 1.83. The summed E-state index contributed by atoms with van der Waals surface area (Å²) in [6.07, 6.45) is 0. The Morgan fingerprint density at radius 1 is 1.10 bits per heavy atom. The lowest BCUT2D eigenvalue weighted by atomic mass is 10.0. The molecular formula is C16H14O5. The standard InChI is InChI=1S/C16H14O5/c1-10(15(18)19)13-8-7-12(9-14(13)17)21-16(20)11-5-3-2-4-6-11/h2-10,17H,1H3,(H,18,19). The van der Waals surface area contributed by atoms with Crippen LogP contribution < -0.4 is 4.74 Å². The number of carboxylic acids is 1. The van der Waals surface area contributed by atoms with Crippen LogP contribution in [0.15, 0.2) is 48.5 Å². The Balaban J connectivity index is 2.18. The van der Waals surface area contributed by atoms with Crippen LogP contribution in [0.1, 0.15) is 28.8 Å². The zero-order valence-electron chi connectivity index (χ0n) is 11.3. The first-order valence-corrected chi connectivity index (χ1v) is 6.32. The second-order valence-electron chi connectivity index (χ2n) is 4.54. The third-order valence-corrected chi connectivity index (χ3v) is 3.06. The van der Waals surface area contributed by atoms with Gasteiger partial charge in [-0.15, -0.1) is 0 Å². The number of hydrogen-bond acceptors (Lipinski definition) is 4. The first-order valence-electron chi connectivity index (χ1n) is 6.32. The first kappa shape index (κ1) is 14.6. The molecule has 21 heavy (non-hydrogen) atoms. The number of aliphatic carboxylic acids is 1. The molecule has 1 unspecified atom stereocenters. The van der Waals surface area contributed by atoms with E-state index < -0.39 is 17.9 Å². The van der Waals surface area contributed by atoms with Crippen molar-refractivity contribution < 1.29 is 24.5 Å². The lowest BCUT2D eigenvalue weighted by Crippen LogP contribution is -2.09. The molecule has 0 spiro atoms. The van der Waals surface area contributed by atoms with Gasteiger partial charge in [-0.2, -0.15) is 0 Å². The fourth-order valence-electron chi connectivity index (χ4n) is 1.83. The Kier molecular flexibility index (Phi) is 4.23. The maximum Gasteiger partial charge on any atom is 0.343 e. The summed E-state index contributed by atoms with van der Waals surface area (Å²) in [6.45, 7) is 1.47. The SMILES string of the molecule is CC(C(=O)O)c1ccc(OC(=O)c2ccccc2)cc1O. The van der Waals surface area contributed by atoms with Crippen molar-refractivity contribution in [1.82, 2.24) is 0 Å². The molecule has 0 radical (unpaired) electrons. The molecule has 1 atom stereocenters. The maximum absolute atomic E-state index is 11.9. The number of rotatable bonds is 4. The first-order chi connectivity index (χ1) is 9.99. The zero-order valence-corrected chi connectivity index (χ0v) is 11.3. The van der Waals surface area contributed by atoms with Gasteiger partial charge in [0.2, 0.25) is 0 Å². The van der Waals surface area contributed by atoms with Gasteiger partial charge in [0.05, 0.1) is 11.5 Å². The number of carbonyl (C=O) groups is 2. The molecule has 0 aliphatic rings. The number of carbonyl (C=O) groups excluding carboxylic acids is 1. The van der Waals surface area contributed by atoms with E-state index in [-0.39, 0.29) is 17.1 Å². The number of ether oxygens (including phenoxy) is 1. The van der Waals surface area contributed by atoms with E-state index in [0.29, 0.717) is 5.56 Å². The van der Waals surface area contributed by atoms with Crippen molar-refractivity contribution in [2.24, 2.45) is 0 Å². The molecule has 108 valence electrons. The summed E-state index contributed by atoms with van der Waals surface area (Å²) in [4.78, 5) is 22.8. The third-order valence-electron chi connectivity index (χ3n) is 3.06. The van der Waals surface area contributed by atoms with Crippen molar-refractivity contribution in [3.63, 3.8) is 0 Å². The van der Waals surface area contributed by atoms with Crippen LogP contribution >= 0.6 is 0 Å². The molecule has 0 aliphatic carbocycles. The highest BCUT2D eigenvalue weighted by molar-refractivity contribution is 5.91. The van der Waals surface area contributed by atoms with E-state index in [9.17, 15) is 14.7 Å². The Hall–Kier alpha value is -2.82. The number of esters is 1. The van der Waals surface area contributed by atoms with Gasteiger partial charge < -0.3 is 14.9 Å². The molecule has 0 bridgehead atoms. The van der Waals surface area contributed by atoms with E-state index in [4.69, 9.17) is 9.84 Å². The van der Waals surface area contributed by atoms with Crippen molar-refractivity contribution >= 4 is 11.9 Å². The Bertz CT molecular complexity index is 664. The molecule has 2 aromatic rings. The van der Waals surface area contributed by atoms with Gasteiger partial charge in [0.15, 0.2) is 0 Å². The molecule has 5 heteroatoms. The molecule has 0 aliphatic heterocycles. The topological polar surface area (TPSA) is 83.8 Å². The lowest BCUT2D eigenvalue weighted by Gasteiger charge is -2.11. The van der Waals surface area contributed by atoms with Crippen molar-refractivity contribution in [2.45, 2.75) is 12.8 Å². The summed E-state index contributed by atoms with van der Waals surface area (Å²) in [6, 6.07) is 12.6. The van der Waals surface area contributed by atoms with Gasteiger partial charge in [-0.1, -0.05) is 24.3 Å². The summed E-state index contributed by atoms with van der Waals surface area (Å²) in [5.41, 5.74) is 0.655. The summed E-state index contributed by atoms with van der Waals surface area (Å²) in [7, 11) is 0. The van der Waals surface area contributed by atoms with Gasteiger partial charge in [0.1, 0.15) is 11.5 Å². The Labute approximate surface area is 121 Å². The molecule has 2 N–H and O–H groups in total. The highest BCUT2D eigenvalue weighted by Gasteiger charge is 2.18. The number of aromatic hydroxyl groups is 1. The average Bonchev–Trinajstić information content (AvgIpc) is 2.47. The smallest absolute Gasteiger partial charge is 0.343 e. The second kappa shape index (κ2) is 6.09. The summed E-state index contributed by atoms with van der Waals surface area (Å²) >= 11 is 0. The van der Waals surface area contributed by atoms with Crippen molar-refractivity contribution in [2.75, 3.05) is 0 Å². The van der Waals surface area contributed by atoms with Gasteiger partial charge >= 0.3 is 11.9 Å². The van der Waals surface area contributed by atoms with Crippen molar-refractivity contribution in [1.29, 1.82) is 0 Å². The predicted molar refractivity (Wildman–Crippen MR) is 75.6 cm³/mol. The lowest BCUT2D eigenvalue weighted by molar-refractivity contribution is -0.138. The number of phenolic OH excluding ortho intramolecular Hbond substituents is 1. The van der Waals surface area contributed by atoms with E-state index in [0.717, 1.165) is 0 Å².